The third-order valence-corrected chi connectivity index (χ3v) is 2.30. The molecule has 0 amide bonds. The molecule has 14 heavy (non-hydrogen) atoms. The zero-order valence-corrected chi connectivity index (χ0v) is 9.16. The summed E-state index contributed by atoms with van der Waals surface area (Å²) in [5.41, 5.74) is 6.96. The van der Waals surface area contributed by atoms with E-state index in [4.69, 9.17) is 5.73 Å². The molecule has 3 heteroatoms. The van der Waals surface area contributed by atoms with E-state index in [1.807, 2.05) is 12.3 Å². The van der Waals surface area contributed by atoms with Crippen LogP contribution in [-0.4, -0.2) is 29.5 Å². The monoisotopic (exact) mass is 195 g/mol. The van der Waals surface area contributed by atoms with Gasteiger partial charge >= 0.3 is 0 Å². The highest BCUT2D eigenvalue weighted by Gasteiger charge is 2.01. The van der Waals surface area contributed by atoms with E-state index in [0.717, 1.165) is 19.5 Å². The van der Waals surface area contributed by atoms with Gasteiger partial charge < -0.3 is 15.6 Å². The van der Waals surface area contributed by atoms with Crippen LogP contribution < -0.4 is 5.73 Å². The predicted octanol–water partition coefficient (Wildman–Crippen LogP) is 1.57. The third kappa shape index (κ3) is 4.44. The molecule has 0 spiro atoms. The van der Waals surface area contributed by atoms with Gasteiger partial charge in [0.15, 0.2) is 0 Å². The summed E-state index contributed by atoms with van der Waals surface area (Å²) in [5, 5.41) is 0. The summed E-state index contributed by atoms with van der Waals surface area (Å²) in [6, 6.07) is 4.47. The van der Waals surface area contributed by atoms with Crippen LogP contribution in [0, 0.1) is 0 Å². The number of hydrogen-bond donors (Lipinski definition) is 2. The third-order valence-electron chi connectivity index (χ3n) is 2.30. The van der Waals surface area contributed by atoms with Gasteiger partial charge in [0, 0.05) is 24.5 Å². The molecule has 0 fully saturated rings. The number of nitrogens with one attached hydrogen (secondary N) is 1. The van der Waals surface area contributed by atoms with Crippen LogP contribution in [-0.2, 0) is 6.54 Å². The lowest BCUT2D eigenvalue weighted by molar-refractivity contribution is 0.312. The zero-order chi connectivity index (χ0) is 10.4. The van der Waals surface area contributed by atoms with Crippen molar-refractivity contribution >= 4 is 0 Å². The summed E-state index contributed by atoms with van der Waals surface area (Å²) >= 11 is 0. The van der Waals surface area contributed by atoms with E-state index >= 15 is 0 Å². The molecule has 80 valence electrons. The first kappa shape index (κ1) is 11.3. The molecule has 1 atom stereocenters. The molecule has 0 aliphatic heterocycles. The van der Waals surface area contributed by atoms with Gasteiger partial charge in [0.2, 0.25) is 0 Å². The first-order valence-corrected chi connectivity index (χ1v) is 5.25. The SMILES string of the molecule is CC(N)CCCN(C)Cc1ccc[nH]1. The van der Waals surface area contributed by atoms with E-state index in [9.17, 15) is 0 Å². The molecule has 0 bridgehead atoms. The number of hydrogen-bond acceptors (Lipinski definition) is 2. The van der Waals surface area contributed by atoms with Gasteiger partial charge in [-0.1, -0.05) is 0 Å². The minimum atomic E-state index is 0.328. The number of aromatic nitrogens is 1. The molecular formula is C11H21N3. The van der Waals surface area contributed by atoms with Crippen LogP contribution in [0.1, 0.15) is 25.5 Å². The van der Waals surface area contributed by atoms with E-state index in [0.29, 0.717) is 6.04 Å². The first-order chi connectivity index (χ1) is 6.68. The Labute approximate surface area is 86.3 Å². The van der Waals surface area contributed by atoms with Crippen LogP contribution in [0.15, 0.2) is 18.3 Å². The molecule has 0 aromatic carbocycles. The van der Waals surface area contributed by atoms with Crippen LogP contribution in [0.5, 0.6) is 0 Å². The minimum Gasteiger partial charge on any atom is -0.364 e. The first-order valence-electron chi connectivity index (χ1n) is 5.25. The van der Waals surface area contributed by atoms with E-state index in [2.05, 4.69) is 29.9 Å². The maximum absolute atomic E-state index is 5.69. The summed E-state index contributed by atoms with van der Waals surface area (Å²) in [4.78, 5) is 5.51. The predicted molar refractivity (Wildman–Crippen MR) is 60.0 cm³/mol. The maximum atomic E-state index is 5.69. The Balaban J connectivity index is 2.13. The minimum absolute atomic E-state index is 0.328. The Morgan fingerprint density at radius 3 is 2.93 bits per heavy atom. The van der Waals surface area contributed by atoms with Gasteiger partial charge in [-0.15, -0.1) is 0 Å². The van der Waals surface area contributed by atoms with Crippen molar-refractivity contribution in [1.29, 1.82) is 0 Å². The standard InChI is InChI=1S/C11H21N3/c1-10(12)5-4-8-14(2)9-11-6-3-7-13-11/h3,6-7,10,13H,4-5,8-9,12H2,1-2H3. The van der Waals surface area contributed by atoms with Gasteiger partial charge in [-0.2, -0.15) is 0 Å². The molecule has 0 saturated heterocycles. The molecule has 0 saturated carbocycles. The highest BCUT2D eigenvalue weighted by Crippen LogP contribution is 2.02. The van der Waals surface area contributed by atoms with Gasteiger partial charge in [-0.3, -0.25) is 0 Å². The van der Waals surface area contributed by atoms with Crippen molar-refractivity contribution in [1.82, 2.24) is 9.88 Å². The molecule has 3 nitrogen and oxygen atoms in total. The Bertz CT molecular complexity index is 229. The van der Waals surface area contributed by atoms with Crippen LogP contribution in [0.3, 0.4) is 0 Å². The molecular weight excluding hydrogens is 174 g/mol. The quantitative estimate of drug-likeness (QED) is 0.723. The molecule has 1 aromatic rings. The second-order valence-electron chi connectivity index (χ2n) is 4.05. The van der Waals surface area contributed by atoms with Gasteiger partial charge in [0.1, 0.15) is 0 Å². The molecule has 1 rings (SSSR count). The molecule has 1 unspecified atom stereocenters. The van der Waals surface area contributed by atoms with Crippen molar-refractivity contribution in [2.75, 3.05) is 13.6 Å². The van der Waals surface area contributed by atoms with E-state index in [1.165, 1.54) is 12.1 Å². The summed E-state index contributed by atoms with van der Waals surface area (Å²) < 4.78 is 0. The normalized spacial score (nSPS) is 13.4. The van der Waals surface area contributed by atoms with Crippen molar-refractivity contribution in [2.45, 2.75) is 32.4 Å². The Kier molecular flexibility index (Phi) is 4.70. The van der Waals surface area contributed by atoms with Gasteiger partial charge in [0.05, 0.1) is 0 Å². The maximum Gasteiger partial charge on any atom is 0.0382 e. The number of aromatic amines is 1. The van der Waals surface area contributed by atoms with Crippen LogP contribution >= 0.6 is 0 Å². The average molecular weight is 195 g/mol. The Hall–Kier alpha value is -0.800. The van der Waals surface area contributed by atoms with E-state index in [-0.39, 0.29) is 0 Å². The summed E-state index contributed by atoms with van der Waals surface area (Å²) in [7, 11) is 2.14. The molecule has 0 radical (unpaired) electrons. The number of rotatable bonds is 6. The van der Waals surface area contributed by atoms with Crippen molar-refractivity contribution in [2.24, 2.45) is 5.73 Å². The van der Waals surface area contributed by atoms with Crippen molar-refractivity contribution < 1.29 is 0 Å². The molecule has 1 heterocycles. The Morgan fingerprint density at radius 2 is 2.36 bits per heavy atom. The molecule has 3 N–H and O–H groups in total. The summed E-state index contributed by atoms with van der Waals surface area (Å²) in [6.45, 7) is 4.16. The van der Waals surface area contributed by atoms with Gasteiger partial charge in [-0.25, -0.2) is 0 Å². The fourth-order valence-corrected chi connectivity index (χ4v) is 1.52. The summed E-state index contributed by atoms with van der Waals surface area (Å²) in [5.74, 6) is 0. The molecule has 0 aliphatic rings. The van der Waals surface area contributed by atoms with Gasteiger partial charge in [0.25, 0.3) is 0 Å². The summed E-state index contributed by atoms with van der Waals surface area (Å²) in [6.07, 6.45) is 4.25. The fourth-order valence-electron chi connectivity index (χ4n) is 1.52. The topological polar surface area (TPSA) is 45.0 Å². The fraction of sp³-hybridized carbons (Fsp3) is 0.636. The highest BCUT2D eigenvalue weighted by molar-refractivity contribution is 5.02. The largest absolute Gasteiger partial charge is 0.364 e. The van der Waals surface area contributed by atoms with Gasteiger partial charge in [-0.05, 0) is 45.5 Å². The van der Waals surface area contributed by atoms with Crippen LogP contribution in [0.25, 0.3) is 0 Å². The van der Waals surface area contributed by atoms with Crippen molar-refractivity contribution in [3.8, 4) is 0 Å². The smallest absolute Gasteiger partial charge is 0.0382 e. The lowest BCUT2D eigenvalue weighted by Gasteiger charge is -2.16. The Morgan fingerprint density at radius 1 is 1.57 bits per heavy atom. The van der Waals surface area contributed by atoms with Crippen LogP contribution in [0.2, 0.25) is 0 Å². The molecule has 0 aliphatic carbocycles. The number of H-pyrrole nitrogens is 1. The second-order valence-corrected chi connectivity index (χ2v) is 4.05. The lowest BCUT2D eigenvalue weighted by atomic mass is 10.2. The highest BCUT2D eigenvalue weighted by atomic mass is 15.1. The lowest BCUT2D eigenvalue weighted by Crippen LogP contribution is -2.22. The van der Waals surface area contributed by atoms with E-state index < -0.39 is 0 Å². The zero-order valence-electron chi connectivity index (χ0n) is 9.16. The van der Waals surface area contributed by atoms with Crippen molar-refractivity contribution in [3.05, 3.63) is 24.0 Å². The number of nitrogens with two attached hydrogens (primary N) is 1. The van der Waals surface area contributed by atoms with E-state index in [1.54, 1.807) is 0 Å². The number of nitrogens with zero attached hydrogens (tertiary/aromatic N) is 1. The van der Waals surface area contributed by atoms with Crippen LogP contribution in [0.4, 0.5) is 0 Å². The molecule has 1 aromatic heterocycles. The average Bonchev–Trinajstić information content (AvgIpc) is 2.56. The second kappa shape index (κ2) is 5.83. The van der Waals surface area contributed by atoms with Crippen molar-refractivity contribution in [3.63, 3.8) is 0 Å².